The van der Waals surface area contributed by atoms with E-state index in [1.54, 1.807) is 12.1 Å². The summed E-state index contributed by atoms with van der Waals surface area (Å²) in [5, 5.41) is 5.68. The SMILES string of the molecule is Cc1cccc(C(=O)NCc2cccc(NC(=O)C(C)C)c2)n1. The van der Waals surface area contributed by atoms with Gasteiger partial charge in [0.1, 0.15) is 5.69 Å². The molecule has 0 atom stereocenters. The van der Waals surface area contributed by atoms with Crippen molar-refractivity contribution in [1.29, 1.82) is 0 Å². The average molecular weight is 311 g/mol. The van der Waals surface area contributed by atoms with Gasteiger partial charge in [-0.2, -0.15) is 0 Å². The van der Waals surface area contributed by atoms with E-state index in [0.717, 1.165) is 16.9 Å². The lowest BCUT2D eigenvalue weighted by Gasteiger charge is -2.10. The zero-order chi connectivity index (χ0) is 16.8. The molecule has 0 aliphatic carbocycles. The van der Waals surface area contributed by atoms with Gasteiger partial charge >= 0.3 is 0 Å². The first-order valence-corrected chi connectivity index (χ1v) is 7.57. The van der Waals surface area contributed by atoms with Crippen molar-refractivity contribution in [2.75, 3.05) is 5.32 Å². The lowest BCUT2D eigenvalue weighted by atomic mass is 10.1. The van der Waals surface area contributed by atoms with Crippen molar-refractivity contribution >= 4 is 17.5 Å². The summed E-state index contributed by atoms with van der Waals surface area (Å²) in [5.41, 5.74) is 2.84. The van der Waals surface area contributed by atoms with Crippen molar-refractivity contribution in [1.82, 2.24) is 10.3 Å². The van der Waals surface area contributed by atoms with E-state index < -0.39 is 0 Å². The Balaban J connectivity index is 1.98. The van der Waals surface area contributed by atoms with Crippen molar-refractivity contribution in [2.45, 2.75) is 27.3 Å². The zero-order valence-corrected chi connectivity index (χ0v) is 13.6. The van der Waals surface area contributed by atoms with Gasteiger partial charge < -0.3 is 10.6 Å². The summed E-state index contributed by atoms with van der Waals surface area (Å²) in [6.45, 7) is 5.90. The largest absolute Gasteiger partial charge is 0.347 e. The number of hydrogen-bond donors (Lipinski definition) is 2. The van der Waals surface area contributed by atoms with Crippen LogP contribution < -0.4 is 10.6 Å². The third kappa shape index (κ3) is 4.92. The minimum Gasteiger partial charge on any atom is -0.347 e. The molecule has 2 aromatic rings. The van der Waals surface area contributed by atoms with Crippen LogP contribution in [0.4, 0.5) is 5.69 Å². The number of nitrogens with zero attached hydrogens (tertiary/aromatic N) is 1. The molecular formula is C18H21N3O2. The van der Waals surface area contributed by atoms with Gasteiger partial charge in [0, 0.05) is 23.8 Å². The Morgan fingerprint density at radius 2 is 1.87 bits per heavy atom. The summed E-state index contributed by atoms with van der Waals surface area (Å²) in [7, 11) is 0. The van der Waals surface area contributed by atoms with Crippen molar-refractivity contribution in [3.8, 4) is 0 Å². The minimum atomic E-state index is -0.217. The summed E-state index contributed by atoms with van der Waals surface area (Å²) in [5.74, 6) is -0.328. The molecule has 1 aromatic carbocycles. The molecule has 0 saturated carbocycles. The molecule has 2 rings (SSSR count). The summed E-state index contributed by atoms with van der Waals surface area (Å²) >= 11 is 0. The van der Waals surface area contributed by atoms with Crippen LogP contribution in [0.2, 0.25) is 0 Å². The quantitative estimate of drug-likeness (QED) is 0.892. The van der Waals surface area contributed by atoms with Crippen molar-refractivity contribution in [2.24, 2.45) is 5.92 Å². The third-order valence-electron chi connectivity index (χ3n) is 3.29. The molecule has 0 fully saturated rings. The number of anilines is 1. The standard InChI is InChI=1S/C18H21N3O2/c1-12(2)17(22)21-15-8-5-7-14(10-15)11-19-18(23)16-9-4-6-13(3)20-16/h4-10,12H,11H2,1-3H3,(H,19,23)(H,21,22). The van der Waals surface area contributed by atoms with E-state index in [0.29, 0.717) is 12.2 Å². The first-order chi connectivity index (χ1) is 11.0. The molecular weight excluding hydrogens is 290 g/mol. The van der Waals surface area contributed by atoms with Crippen LogP contribution in [0.25, 0.3) is 0 Å². The van der Waals surface area contributed by atoms with Gasteiger partial charge in [0.2, 0.25) is 5.91 Å². The maximum absolute atomic E-state index is 12.1. The highest BCUT2D eigenvalue weighted by Gasteiger charge is 2.09. The minimum absolute atomic E-state index is 0.0323. The van der Waals surface area contributed by atoms with Crippen LogP contribution in [-0.4, -0.2) is 16.8 Å². The van der Waals surface area contributed by atoms with Gasteiger partial charge in [-0.3, -0.25) is 9.59 Å². The monoisotopic (exact) mass is 311 g/mol. The van der Waals surface area contributed by atoms with E-state index in [1.165, 1.54) is 0 Å². The summed E-state index contributed by atoms with van der Waals surface area (Å²) < 4.78 is 0. The van der Waals surface area contributed by atoms with Crippen LogP contribution in [-0.2, 0) is 11.3 Å². The second kappa shape index (κ2) is 7.54. The molecule has 0 spiro atoms. The van der Waals surface area contributed by atoms with Crippen LogP contribution in [0, 0.1) is 12.8 Å². The molecule has 0 aliphatic heterocycles. The number of nitrogens with one attached hydrogen (secondary N) is 2. The van der Waals surface area contributed by atoms with Gasteiger partial charge in [-0.05, 0) is 36.8 Å². The number of amides is 2. The van der Waals surface area contributed by atoms with Gasteiger partial charge in [0.15, 0.2) is 0 Å². The highest BCUT2D eigenvalue weighted by molar-refractivity contribution is 5.93. The fraction of sp³-hybridized carbons (Fsp3) is 0.278. The maximum Gasteiger partial charge on any atom is 0.270 e. The molecule has 23 heavy (non-hydrogen) atoms. The van der Waals surface area contributed by atoms with Crippen LogP contribution in [0.3, 0.4) is 0 Å². The highest BCUT2D eigenvalue weighted by atomic mass is 16.2. The predicted molar refractivity (Wildman–Crippen MR) is 90.1 cm³/mol. The van der Waals surface area contributed by atoms with E-state index in [2.05, 4.69) is 15.6 Å². The van der Waals surface area contributed by atoms with Crippen molar-refractivity contribution < 1.29 is 9.59 Å². The van der Waals surface area contributed by atoms with E-state index in [9.17, 15) is 9.59 Å². The number of aryl methyl sites for hydroxylation is 1. The van der Waals surface area contributed by atoms with Crippen molar-refractivity contribution in [3.63, 3.8) is 0 Å². The zero-order valence-electron chi connectivity index (χ0n) is 13.6. The molecule has 1 aromatic heterocycles. The molecule has 0 aliphatic rings. The molecule has 5 nitrogen and oxygen atoms in total. The van der Waals surface area contributed by atoms with Gasteiger partial charge in [-0.15, -0.1) is 0 Å². The molecule has 2 amide bonds. The normalized spacial score (nSPS) is 10.4. The summed E-state index contributed by atoms with van der Waals surface area (Å²) in [6.07, 6.45) is 0. The van der Waals surface area contributed by atoms with E-state index in [4.69, 9.17) is 0 Å². The van der Waals surface area contributed by atoms with Crippen molar-refractivity contribution in [3.05, 3.63) is 59.4 Å². The fourth-order valence-corrected chi connectivity index (χ4v) is 1.99. The lowest BCUT2D eigenvalue weighted by Crippen LogP contribution is -2.24. The van der Waals surface area contributed by atoms with E-state index in [1.807, 2.05) is 51.1 Å². The van der Waals surface area contributed by atoms with E-state index >= 15 is 0 Å². The third-order valence-corrected chi connectivity index (χ3v) is 3.29. The molecule has 0 bridgehead atoms. The molecule has 0 saturated heterocycles. The topological polar surface area (TPSA) is 71.1 Å². The number of rotatable bonds is 5. The number of hydrogen-bond acceptors (Lipinski definition) is 3. The number of benzene rings is 1. The molecule has 120 valence electrons. The smallest absolute Gasteiger partial charge is 0.270 e. The Hall–Kier alpha value is -2.69. The molecule has 1 heterocycles. The van der Waals surface area contributed by atoms with E-state index in [-0.39, 0.29) is 17.7 Å². The van der Waals surface area contributed by atoms with Gasteiger partial charge in [-0.1, -0.05) is 32.0 Å². The fourth-order valence-electron chi connectivity index (χ4n) is 1.99. The number of carbonyl (C=O) groups excluding carboxylic acids is 2. The first kappa shape index (κ1) is 16.7. The van der Waals surface area contributed by atoms with Crippen LogP contribution in [0.1, 0.15) is 35.6 Å². The van der Waals surface area contributed by atoms with Gasteiger partial charge in [-0.25, -0.2) is 4.98 Å². The molecule has 5 heteroatoms. The Morgan fingerprint density at radius 1 is 1.13 bits per heavy atom. The average Bonchev–Trinajstić information content (AvgIpc) is 2.53. The molecule has 2 N–H and O–H groups in total. The van der Waals surface area contributed by atoms with Gasteiger partial charge in [0.05, 0.1) is 0 Å². The first-order valence-electron chi connectivity index (χ1n) is 7.57. The molecule has 0 radical (unpaired) electrons. The lowest BCUT2D eigenvalue weighted by molar-refractivity contribution is -0.118. The molecule has 0 unspecified atom stereocenters. The Bertz CT molecular complexity index is 711. The second-order valence-corrected chi connectivity index (χ2v) is 5.69. The summed E-state index contributed by atoms with van der Waals surface area (Å²) in [4.78, 5) is 28.0. The Labute approximate surface area is 136 Å². The maximum atomic E-state index is 12.1. The Morgan fingerprint density at radius 3 is 2.57 bits per heavy atom. The second-order valence-electron chi connectivity index (χ2n) is 5.69. The Kier molecular flexibility index (Phi) is 5.46. The number of carbonyl (C=O) groups is 2. The number of aromatic nitrogens is 1. The summed E-state index contributed by atoms with van der Waals surface area (Å²) in [6, 6.07) is 12.8. The predicted octanol–water partition coefficient (Wildman–Crippen LogP) is 2.91. The van der Waals surface area contributed by atoms with Gasteiger partial charge in [0.25, 0.3) is 5.91 Å². The number of pyridine rings is 1. The van der Waals surface area contributed by atoms with Crippen LogP contribution >= 0.6 is 0 Å². The highest BCUT2D eigenvalue weighted by Crippen LogP contribution is 2.12. The van der Waals surface area contributed by atoms with Crippen LogP contribution in [0.5, 0.6) is 0 Å². The van der Waals surface area contributed by atoms with Crippen LogP contribution in [0.15, 0.2) is 42.5 Å².